The molecule has 0 atom stereocenters. The lowest BCUT2D eigenvalue weighted by Crippen LogP contribution is -2.01. The normalized spacial score (nSPS) is 7.25. The Labute approximate surface area is 73.7 Å². The summed E-state index contributed by atoms with van der Waals surface area (Å²) >= 11 is 0. The summed E-state index contributed by atoms with van der Waals surface area (Å²) in [7, 11) is 2.91. The fraction of sp³-hybridized carbons (Fsp3) is 0.444. The van der Waals surface area contributed by atoms with Crippen LogP contribution in [0.2, 0.25) is 0 Å². The first-order valence-corrected chi connectivity index (χ1v) is 3.53. The molecule has 0 saturated carbocycles. The number of hydrogen-bond donors (Lipinski definition) is 0. The van der Waals surface area contributed by atoms with Gasteiger partial charge in [0.2, 0.25) is 0 Å². The van der Waals surface area contributed by atoms with Gasteiger partial charge in [-0.2, -0.15) is 0 Å². The van der Waals surface area contributed by atoms with Gasteiger partial charge in [-0.25, -0.2) is 4.79 Å². The van der Waals surface area contributed by atoms with E-state index in [-0.39, 0.29) is 5.97 Å². The summed E-state index contributed by atoms with van der Waals surface area (Å²) < 4.78 is 8.67. The summed E-state index contributed by atoms with van der Waals surface area (Å²) in [5.41, 5.74) is 0.521. The lowest BCUT2D eigenvalue weighted by Gasteiger charge is -1.95. The van der Waals surface area contributed by atoms with E-state index in [1.54, 1.807) is 7.11 Å². The number of hydrogen-bond acceptors (Lipinski definition) is 3. The average molecular weight is 172 g/mol. The van der Waals surface area contributed by atoms with Gasteiger partial charge < -0.3 is 9.47 Å². The summed E-state index contributed by atoms with van der Waals surface area (Å²) in [4.78, 5) is 10.4. The molecule has 0 fully saturated rings. The Bertz CT molecular complexity index is 136. The largest absolute Gasteiger partial charge is 0.505 e. The smallest absolute Gasteiger partial charge is 0.333 e. The first-order chi connectivity index (χ1) is 5.63. The summed E-state index contributed by atoms with van der Waals surface area (Å²) in [6, 6.07) is 0. The van der Waals surface area contributed by atoms with E-state index in [2.05, 4.69) is 22.6 Å². The molecular formula is C9H16O3. The maximum atomic E-state index is 10.4. The van der Waals surface area contributed by atoms with Gasteiger partial charge in [-0.1, -0.05) is 20.1 Å². The predicted molar refractivity (Wildman–Crippen MR) is 48.7 cm³/mol. The number of carbonyl (C=O) groups excluding carboxylic acids is 1. The van der Waals surface area contributed by atoms with Crippen molar-refractivity contribution in [1.29, 1.82) is 0 Å². The van der Waals surface area contributed by atoms with Gasteiger partial charge in [-0.3, -0.25) is 0 Å². The minimum Gasteiger partial charge on any atom is -0.505 e. The Morgan fingerprint density at radius 2 is 1.92 bits per heavy atom. The monoisotopic (exact) mass is 172 g/mol. The summed E-state index contributed by atoms with van der Waals surface area (Å²) in [6.45, 7) is 8.59. The zero-order valence-corrected chi connectivity index (χ0v) is 7.92. The molecule has 0 aliphatic rings. The molecule has 0 heterocycles. The summed E-state index contributed by atoms with van der Waals surface area (Å²) in [5.74, 6) is -0.312. The zero-order valence-electron chi connectivity index (χ0n) is 7.92. The van der Waals surface area contributed by atoms with Crippen LogP contribution in [0, 0.1) is 0 Å². The SMILES string of the molecule is C=C(CC)C(=O)OC.C=COC. The van der Waals surface area contributed by atoms with Crippen LogP contribution in [0.25, 0.3) is 0 Å². The van der Waals surface area contributed by atoms with Crippen molar-refractivity contribution in [3.8, 4) is 0 Å². The van der Waals surface area contributed by atoms with Crippen LogP contribution in [-0.2, 0) is 14.3 Å². The number of carbonyl (C=O) groups is 1. The molecule has 0 aromatic carbocycles. The molecule has 0 spiro atoms. The van der Waals surface area contributed by atoms with Crippen LogP contribution in [-0.4, -0.2) is 20.2 Å². The fourth-order valence-corrected chi connectivity index (χ4v) is 0.289. The molecule has 0 radical (unpaired) electrons. The lowest BCUT2D eigenvalue weighted by molar-refractivity contribution is -0.136. The maximum Gasteiger partial charge on any atom is 0.333 e. The van der Waals surface area contributed by atoms with Gasteiger partial charge in [0.05, 0.1) is 20.5 Å². The van der Waals surface area contributed by atoms with Gasteiger partial charge >= 0.3 is 5.97 Å². The topological polar surface area (TPSA) is 35.5 Å². The van der Waals surface area contributed by atoms with Crippen molar-refractivity contribution in [2.45, 2.75) is 13.3 Å². The van der Waals surface area contributed by atoms with Crippen molar-refractivity contribution in [2.24, 2.45) is 0 Å². The molecule has 0 N–H and O–H groups in total. The molecule has 70 valence electrons. The van der Waals surface area contributed by atoms with Crippen LogP contribution in [0.15, 0.2) is 25.0 Å². The number of esters is 1. The first kappa shape index (κ1) is 13.3. The molecule has 0 rings (SSSR count). The third-order valence-corrected chi connectivity index (χ3v) is 1.07. The highest BCUT2D eigenvalue weighted by molar-refractivity contribution is 5.87. The molecule has 0 aliphatic heterocycles. The Kier molecular flexibility index (Phi) is 10.8. The third kappa shape index (κ3) is 8.75. The number of rotatable bonds is 3. The highest BCUT2D eigenvalue weighted by Crippen LogP contribution is 1.96. The second-order valence-electron chi connectivity index (χ2n) is 1.85. The van der Waals surface area contributed by atoms with E-state index in [4.69, 9.17) is 0 Å². The van der Waals surface area contributed by atoms with Gasteiger partial charge in [0.1, 0.15) is 0 Å². The van der Waals surface area contributed by atoms with E-state index < -0.39 is 0 Å². The van der Waals surface area contributed by atoms with Crippen LogP contribution in [0.1, 0.15) is 13.3 Å². The number of ether oxygens (including phenoxy) is 2. The van der Waals surface area contributed by atoms with Crippen molar-refractivity contribution in [1.82, 2.24) is 0 Å². The molecule has 0 aromatic heterocycles. The van der Waals surface area contributed by atoms with E-state index in [1.807, 2.05) is 6.92 Å². The van der Waals surface area contributed by atoms with Crippen molar-refractivity contribution >= 4 is 5.97 Å². The molecule has 0 aromatic rings. The molecule has 0 amide bonds. The lowest BCUT2D eigenvalue weighted by atomic mass is 10.2. The summed E-state index contributed by atoms with van der Waals surface area (Å²) in [5, 5.41) is 0. The molecule has 12 heavy (non-hydrogen) atoms. The van der Waals surface area contributed by atoms with Gasteiger partial charge in [-0.05, 0) is 6.42 Å². The van der Waals surface area contributed by atoms with Crippen LogP contribution in [0.5, 0.6) is 0 Å². The second kappa shape index (κ2) is 9.75. The molecular weight excluding hydrogens is 156 g/mol. The molecule has 0 bridgehead atoms. The van der Waals surface area contributed by atoms with E-state index in [9.17, 15) is 4.79 Å². The van der Waals surface area contributed by atoms with Crippen LogP contribution < -0.4 is 0 Å². The Balaban J connectivity index is 0. The van der Waals surface area contributed by atoms with Crippen LogP contribution in [0.3, 0.4) is 0 Å². The van der Waals surface area contributed by atoms with Crippen molar-refractivity contribution in [3.05, 3.63) is 25.0 Å². The minimum absolute atomic E-state index is 0.312. The Morgan fingerprint density at radius 1 is 1.50 bits per heavy atom. The van der Waals surface area contributed by atoms with Crippen LogP contribution in [0.4, 0.5) is 0 Å². The average Bonchev–Trinajstić information content (AvgIpc) is 2.15. The first-order valence-electron chi connectivity index (χ1n) is 3.53. The van der Waals surface area contributed by atoms with E-state index >= 15 is 0 Å². The number of methoxy groups -OCH3 is 2. The quantitative estimate of drug-likeness (QED) is 0.370. The van der Waals surface area contributed by atoms with Crippen molar-refractivity contribution in [2.75, 3.05) is 14.2 Å². The molecule has 0 unspecified atom stereocenters. The molecule has 0 saturated heterocycles. The van der Waals surface area contributed by atoms with Crippen LogP contribution >= 0.6 is 0 Å². The van der Waals surface area contributed by atoms with Crippen molar-refractivity contribution < 1.29 is 14.3 Å². The van der Waals surface area contributed by atoms with E-state index in [0.29, 0.717) is 12.0 Å². The predicted octanol–water partition coefficient (Wildman–Crippen LogP) is 1.90. The van der Waals surface area contributed by atoms with Gasteiger partial charge in [-0.15, -0.1) is 0 Å². The van der Waals surface area contributed by atoms with Gasteiger partial charge in [0.15, 0.2) is 0 Å². The standard InChI is InChI=1S/C6H10O2.C3H6O/c1-4-5(2)6(7)8-3;1-3-4-2/h2,4H2,1,3H3;3H,1H2,2H3. The Morgan fingerprint density at radius 3 is 2.00 bits per heavy atom. The molecule has 3 nitrogen and oxygen atoms in total. The van der Waals surface area contributed by atoms with Gasteiger partial charge in [0, 0.05) is 5.57 Å². The van der Waals surface area contributed by atoms with Gasteiger partial charge in [0.25, 0.3) is 0 Å². The Hall–Kier alpha value is -1.25. The third-order valence-electron chi connectivity index (χ3n) is 1.07. The zero-order chi connectivity index (χ0) is 9.98. The molecule has 0 aliphatic carbocycles. The van der Waals surface area contributed by atoms with Crippen molar-refractivity contribution in [3.63, 3.8) is 0 Å². The maximum absolute atomic E-state index is 10.4. The highest BCUT2D eigenvalue weighted by atomic mass is 16.5. The highest BCUT2D eigenvalue weighted by Gasteiger charge is 2.00. The fourth-order valence-electron chi connectivity index (χ4n) is 0.289. The van der Waals surface area contributed by atoms with E-state index in [1.165, 1.54) is 13.4 Å². The minimum atomic E-state index is -0.312. The molecule has 3 heteroatoms. The second-order valence-corrected chi connectivity index (χ2v) is 1.85. The van der Waals surface area contributed by atoms with E-state index in [0.717, 1.165) is 0 Å². The summed E-state index contributed by atoms with van der Waals surface area (Å²) in [6.07, 6.45) is 2.03.